The number of hydrogen-bond acceptors (Lipinski definition) is 4. The second kappa shape index (κ2) is 2.82. The van der Waals surface area contributed by atoms with Crippen molar-refractivity contribution in [2.75, 3.05) is 0 Å². The van der Waals surface area contributed by atoms with Crippen LogP contribution in [0.4, 0.5) is 0 Å². The second-order valence-corrected chi connectivity index (χ2v) is 1.78. The Balaban J connectivity index is 3.12. The number of rotatable bonds is 1. The Morgan fingerprint density at radius 3 is 2.82 bits per heavy atom. The summed E-state index contributed by atoms with van der Waals surface area (Å²) >= 11 is 0. The molecule has 6 heteroatoms. The molecule has 0 fully saturated rings. The number of nitrogens with zero attached hydrogens (tertiary/aromatic N) is 3. The van der Waals surface area contributed by atoms with Crippen LogP contribution in [0.5, 0.6) is 0 Å². The van der Waals surface area contributed by atoms with Crippen LogP contribution in [0.1, 0.15) is 5.69 Å². The SMILES string of the molecule is [O-][n+]1cc[n+]([O-])c(C=NO)c1. The standard InChI is InChI=1S/C5H5N3O3/c9-6-3-5-4-7(10)1-2-8(5)11/h1-4,9H. The van der Waals surface area contributed by atoms with E-state index in [0.717, 1.165) is 24.8 Å². The Hall–Kier alpha value is -1.85. The van der Waals surface area contributed by atoms with E-state index in [1.165, 1.54) is 0 Å². The van der Waals surface area contributed by atoms with Gasteiger partial charge in [0.05, 0.1) is 0 Å². The zero-order chi connectivity index (χ0) is 8.27. The average Bonchev–Trinajstić information content (AvgIpc) is 1.98. The molecule has 1 aromatic heterocycles. The Bertz CT molecular complexity index is 286. The fourth-order valence-electron chi connectivity index (χ4n) is 0.592. The van der Waals surface area contributed by atoms with E-state index in [4.69, 9.17) is 5.21 Å². The van der Waals surface area contributed by atoms with Gasteiger partial charge in [0.1, 0.15) is 6.21 Å². The molecule has 0 atom stereocenters. The summed E-state index contributed by atoms with van der Waals surface area (Å²) in [6.07, 6.45) is 3.93. The van der Waals surface area contributed by atoms with Gasteiger partial charge < -0.3 is 15.6 Å². The molecule has 1 N–H and O–H groups in total. The van der Waals surface area contributed by atoms with E-state index in [2.05, 4.69) is 5.16 Å². The van der Waals surface area contributed by atoms with Crippen molar-refractivity contribution in [3.8, 4) is 0 Å². The summed E-state index contributed by atoms with van der Waals surface area (Å²) in [7, 11) is 0. The maximum Gasteiger partial charge on any atom is 0.303 e. The fourth-order valence-corrected chi connectivity index (χ4v) is 0.592. The quantitative estimate of drug-likeness (QED) is 0.181. The highest BCUT2D eigenvalue weighted by Crippen LogP contribution is 1.78. The maximum absolute atomic E-state index is 10.7. The molecule has 6 nitrogen and oxygen atoms in total. The van der Waals surface area contributed by atoms with Crippen LogP contribution in [-0.2, 0) is 0 Å². The van der Waals surface area contributed by atoms with Crippen molar-refractivity contribution in [1.82, 2.24) is 0 Å². The molecule has 0 aliphatic carbocycles. The number of hydrogen-bond donors (Lipinski definition) is 1. The molecule has 0 bridgehead atoms. The van der Waals surface area contributed by atoms with E-state index in [9.17, 15) is 10.4 Å². The van der Waals surface area contributed by atoms with Crippen molar-refractivity contribution in [3.63, 3.8) is 0 Å². The van der Waals surface area contributed by atoms with E-state index in [0.29, 0.717) is 9.46 Å². The van der Waals surface area contributed by atoms with Crippen LogP contribution in [0.25, 0.3) is 0 Å². The normalized spacial score (nSPS) is 10.5. The third-order valence-corrected chi connectivity index (χ3v) is 1.05. The predicted molar refractivity (Wildman–Crippen MR) is 33.7 cm³/mol. The number of oxime groups is 1. The van der Waals surface area contributed by atoms with Gasteiger partial charge in [0, 0.05) is 0 Å². The summed E-state index contributed by atoms with van der Waals surface area (Å²) in [6.45, 7) is 0. The van der Waals surface area contributed by atoms with Crippen LogP contribution in [0.15, 0.2) is 23.7 Å². The molecule has 11 heavy (non-hydrogen) atoms. The zero-order valence-corrected chi connectivity index (χ0v) is 5.41. The molecule has 0 amide bonds. The van der Waals surface area contributed by atoms with Crippen LogP contribution in [0.2, 0.25) is 0 Å². The summed E-state index contributed by atoms with van der Waals surface area (Å²) < 4.78 is 0.847. The molecule has 0 unspecified atom stereocenters. The van der Waals surface area contributed by atoms with Gasteiger partial charge in [0.25, 0.3) is 6.20 Å². The van der Waals surface area contributed by atoms with Crippen molar-refractivity contribution in [1.29, 1.82) is 0 Å². The fraction of sp³-hybridized carbons (Fsp3) is 0. The van der Waals surface area contributed by atoms with Crippen LogP contribution in [-0.4, -0.2) is 11.4 Å². The molecule has 1 heterocycles. The Morgan fingerprint density at radius 2 is 2.18 bits per heavy atom. The van der Waals surface area contributed by atoms with Crippen LogP contribution in [0, 0.1) is 10.4 Å². The highest BCUT2D eigenvalue weighted by Gasteiger charge is 2.05. The molecule has 0 spiro atoms. The monoisotopic (exact) mass is 155 g/mol. The van der Waals surface area contributed by atoms with Gasteiger partial charge in [-0.1, -0.05) is 5.16 Å². The lowest BCUT2D eigenvalue weighted by Crippen LogP contribution is -2.39. The summed E-state index contributed by atoms with van der Waals surface area (Å²) in [5.74, 6) is 0. The van der Waals surface area contributed by atoms with Crippen molar-refractivity contribution in [2.24, 2.45) is 5.16 Å². The minimum atomic E-state index is -0.0231. The lowest BCUT2D eigenvalue weighted by Gasteiger charge is -1.97. The topological polar surface area (TPSA) is 86.5 Å². The van der Waals surface area contributed by atoms with Crippen molar-refractivity contribution < 1.29 is 14.7 Å². The first-order chi connectivity index (χ1) is 5.24. The molecule has 0 saturated carbocycles. The van der Waals surface area contributed by atoms with E-state index in [1.54, 1.807) is 0 Å². The maximum atomic E-state index is 10.7. The first kappa shape index (κ1) is 7.26. The molecule has 1 rings (SSSR count). The van der Waals surface area contributed by atoms with Gasteiger partial charge in [-0.15, -0.1) is 0 Å². The Kier molecular flexibility index (Phi) is 1.86. The minimum absolute atomic E-state index is 0.0231. The van der Waals surface area contributed by atoms with Gasteiger partial charge in [0.2, 0.25) is 12.4 Å². The largest absolute Gasteiger partial charge is 0.618 e. The highest BCUT2D eigenvalue weighted by molar-refractivity contribution is 5.73. The van der Waals surface area contributed by atoms with E-state index < -0.39 is 0 Å². The zero-order valence-electron chi connectivity index (χ0n) is 5.41. The van der Waals surface area contributed by atoms with Crippen LogP contribution >= 0.6 is 0 Å². The minimum Gasteiger partial charge on any atom is -0.618 e. The van der Waals surface area contributed by atoms with E-state index in [-0.39, 0.29) is 5.69 Å². The van der Waals surface area contributed by atoms with Crippen molar-refractivity contribution in [3.05, 3.63) is 34.7 Å². The third kappa shape index (κ3) is 1.54. The average molecular weight is 155 g/mol. The molecule has 1 aromatic rings. The molecule has 0 saturated heterocycles. The molecular formula is C5H5N3O3. The lowest BCUT2D eigenvalue weighted by atomic mass is 10.5. The van der Waals surface area contributed by atoms with Gasteiger partial charge in [-0.3, -0.25) is 0 Å². The van der Waals surface area contributed by atoms with Gasteiger partial charge in [-0.2, -0.15) is 9.46 Å². The molecule has 0 aromatic carbocycles. The van der Waals surface area contributed by atoms with Gasteiger partial charge in [-0.05, 0) is 0 Å². The molecule has 0 radical (unpaired) electrons. The summed E-state index contributed by atoms with van der Waals surface area (Å²) in [4.78, 5) is 0. The molecule has 0 aliphatic heterocycles. The first-order valence-electron chi connectivity index (χ1n) is 2.73. The Morgan fingerprint density at radius 1 is 1.45 bits per heavy atom. The van der Waals surface area contributed by atoms with Crippen LogP contribution in [0.3, 0.4) is 0 Å². The van der Waals surface area contributed by atoms with Crippen molar-refractivity contribution >= 4 is 6.21 Å². The van der Waals surface area contributed by atoms with Crippen LogP contribution < -0.4 is 9.46 Å². The van der Waals surface area contributed by atoms with E-state index in [1.807, 2.05) is 0 Å². The third-order valence-electron chi connectivity index (χ3n) is 1.05. The summed E-state index contributed by atoms with van der Waals surface area (Å²) in [5.41, 5.74) is -0.0231. The van der Waals surface area contributed by atoms with Gasteiger partial charge >= 0.3 is 5.69 Å². The lowest BCUT2D eigenvalue weighted by molar-refractivity contribution is -0.665. The smallest absolute Gasteiger partial charge is 0.303 e. The first-order valence-corrected chi connectivity index (χ1v) is 2.73. The van der Waals surface area contributed by atoms with Gasteiger partial charge in [0.15, 0.2) is 0 Å². The highest BCUT2D eigenvalue weighted by atomic mass is 16.5. The molecule has 0 aliphatic rings. The second-order valence-electron chi connectivity index (χ2n) is 1.78. The number of aromatic nitrogens is 2. The Labute approximate surface area is 61.8 Å². The van der Waals surface area contributed by atoms with E-state index >= 15 is 0 Å². The summed E-state index contributed by atoms with van der Waals surface area (Å²) in [6, 6.07) is 0. The van der Waals surface area contributed by atoms with Gasteiger partial charge in [-0.25, -0.2) is 0 Å². The molecular weight excluding hydrogens is 150 g/mol. The van der Waals surface area contributed by atoms with Crippen molar-refractivity contribution in [2.45, 2.75) is 0 Å². The summed E-state index contributed by atoms with van der Waals surface area (Å²) in [5, 5.41) is 31.9. The predicted octanol–water partition coefficient (Wildman–Crippen LogP) is -1.24. The molecule has 58 valence electrons.